The largest absolute Gasteiger partial charge is 0.346 e. The van der Waals surface area contributed by atoms with Crippen LogP contribution in [-0.4, -0.2) is 63.7 Å². The number of amides is 1. The van der Waals surface area contributed by atoms with Crippen LogP contribution in [0.25, 0.3) is 0 Å². The number of nitrogens with one attached hydrogen (secondary N) is 1. The fraction of sp³-hybridized carbons (Fsp3) is 0.591. The molecule has 1 fully saturated rings. The highest BCUT2D eigenvalue weighted by atomic mass is 35.5. The fourth-order valence-corrected chi connectivity index (χ4v) is 4.66. The minimum atomic E-state index is -0.276. The first-order chi connectivity index (χ1) is 14.9. The second-order valence-corrected chi connectivity index (χ2v) is 9.07. The zero-order valence-corrected chi connectivity index (χ0v) is 18.9. The van der Waals surface area contributed by atoms with E-state index in [9.17, 15) is 9.18 Å². The number of carbonyl (C=O) groups is 1. The van der Waals surface area contributed by atoms with Gasteiger partial charge in [-0.05, 0) is 52.0 Å². The Morgan fingerprint density at radius 3 is 2.74 bits per heavy atom. The van der Waals surface area contributed by atoms with E-state index in [0.29, 0.717) is 30.1 Å². The van der Waals surface area contributed by atoms with Crippen molar-refractivity contribution >= 4 is 17.5 Å². The number of piperidine rings is 1. The minimum absolute atomic E-state index is 0.0613. The van der Waals surface area contributed by atoms with Crippen LogP contribution in [0.3, 0.4) is 0 Å². The molecule has 9 heteroatoms. The van der Waals surface area contributed by atoms with Gasteiger partial charge in [0, 0.05) is 49.1 Å². The van der Waals surface area contributed by atoms with Crippen LogP contribution >= 0.6 is 11.6 Å². The highest BCUT2D eigenvalue weighted by molar-refractivity contribution is 6.31. The van der Waals surface area contributed by atoms with E-state index in [1.807, 2.05) is 6.92 Å². The molecule has 0 aliphatic carbocycles. The van der Waals surface area contributed by atoms with E-state index in [0.717, 1.165) is 50.7 Å². The molecule has 1 amide bonds. The van der Waals surface area contributed by atoms with Crippen molar-refractivity contribution < 1.29 is 9.18 Å². The predicted octanol–water partition coefficient (Wildman–Crippen LogP) is 2.65. The quantitative estimate of drug-likeness (QED) is 0.761. The third kappa shape index (κ3) is 5.07. The maximum Gasteiger partial charge on any atom is 0.223 e. The Kier molecular flexibility index (Phi) is 6.89. The average molecular weight is 449 g/mol. The first kappa shape index (κ1) is 22.2. The normalized spacial score (nSPS) is 19.6. The Bertz CT molecular complexity index is 906. The highest BCUT2D eigenvalue weighted by Crippen LogP contribution is 2.23. The Labute approximate surface area is 187 Å². The number of benzene rings is 1. The van der Waals surface area contributed by atoms with Gasteiger partial charge in [0.15, 0.2) is 5.82 Å². The molecule has 3 heterocycles. The molecular weight excluding hydrogens is 419 g/mol. The van der Waals surface area contributed by atoms with Crippen LogP contribution in [0.5, 0.6) is 0 Å². The van der Waals surface area contributed by atoms with Gasteiger partial charge < -0.3 is 14.8 Å². The molecule has 2 aliphatic rings. The number of carbonyl (C=O) groups excluding carboxylic acids is 1. The van der Waals surface area contributed by atoms with Crippen molar-refractivity contribution in [2.45, 2.75) is 45.3 Å². The first-order valence-electron chi connectivity index (χ1n) is 11.0. The second-order valence-electron chi connectivity index (χ2n) is 8.66. The summed E-state index contributed by atoms with van der Waals surface area (Å²) in [6, 6.07) is 4.58. The number of rotatable bonds is 5. The molecule has 0 bridgehead atoms. The SMILES string of the molecule is C[C@@H](NC(=O)C1CCN(C)CC1)c1nnc2n1CCN(Cc1c(F)cccc1Cl)CC2. The van der Waals surface area contributed by atoms with Crippen LogP contribution in [0.4, 0.5) is 4.39 Å². The molecule has 1 saturated heterocycles. The lowest BCUT2D eigenvalue weighted by Gasteiger charge is -2.29. The molecule has 2 aromatic rings. The van der Waals surface area contributed by atoms with Gasteiger partial charge in [-0.25, -0.2) is 4.39 Å². The molecule has 168 valence electrons. The standard InChI is InChI=1S/C22H30ClFN6O/c1-15(25-22(31)16-6-9-28(2)10-7-16)21-27-26-20-8-11-29(12-13-30(20)21)14-17-18(23)4-3-5-19(17)24/h3-5,15-16H,6-14H2,1-2H3,(H,25,31)/t15-/m1/s1. The molecule has 7 nitrogen and oxygen atoms in total. The van der Waals surface area contributed by atoms with Gasteiger partial charge in [0.1, 0.15) is 11.6 Å². The topological polar surface area (TPSA) is 66.3 Å². The van der Waals surface area contributed by atoms with Crippen LogP contribution in [0, 0.1) is 11.7 Å². The summed E-state index contributed by atoms with van der Waals surface area (Å²) in [5, 5.41) is 12.3. The summed E-state index contributed by atoms with van der Waals surface area (Å²) in [6.07, 6.45) is 2.50. The van der Waals surface area contributed by atoms with Gasteiger partial charge in [0.2, 0.25) is 5.91 Å². The van der Waals surface area contributed by atoms with Crippen molar-refractivity contribution in [3.8, 4) is 0 Å². The van der Waals surface area contributed by atoms with E-state index in [4.69, 9.17) is 11.6 Å². The molecule has 0 saturated carbocycles. The van der Waals surface area contributed by atoms with E-state index in [1.54, 1.807) is 12.1 Å². The van der Waals surface area contributed by atoms with E-state index in [-0.39, 0.29) is 23.7 Å². The lowest BCUT2D eigenvalue weighted by Crippen LogP contribution is -2.40. The van der Waals surface area contributed by atoms with Crippen molar-refractivity contribution in [2.24, 2.45) is 5.92 Å². The lowest BCUT2D eigenvalue weighted by atomic mass is 9.96. The smallest absolute Gasteiger partial charge is 0.223 e. The summed E-state index contributed by atoms with van der Waals surface area (Å²) in [6.45, 7) is 6.51. The predicted molar refractivity (Wildman–Crippen MR) is 117 cm³/mol. The summed E-state index contributed by atoms with van der Waals surface area (Å²) in [4.78, 5) is 17.2. The minimum Gasteiger partial charge on any atom is -0.346 e. The molecule has 0 unspecified atom stereocenters. The fourth-order valence-electron chi connectivity index (χ4n) is 4.44. The Hall–Kier alpha value is -2.03. The number of halogens is 2. The van der Waals surface area contributed by atoms with Gasteiger partial charge in [-0.2, -0.15) is 0 Å². The summed E-state index contributed by atoms with van der Waals surface area (Å²) < 4.78 is 16.3. The molecule has 1 aromatic heterocycles. The molecule has 0 spiro atoms. The Morgan fingerprint density at radius 1 is 1.23 bits per heavy atom. The van der Waals surface area contributed by atoms with Crippen LogP contribution in [0.1, 0.15) is 43.0 Å². The summed E-state index contributed by atoms with van der Waals surface area (Å²) in [7, 11) is 2.09. The van der Waals surface area contributed by atoms with Gasteiger partial charge in [0.25, 0.3) is 0 Å². The zero-order chi connectivity index (χ0) is 22.0. The third-order valence-electron chi connectivity index (χ3n) is 6.43. The number of hydrogen-bond acceptors (Lipinski definition) is 5. The van der Waals surface area contributed by atoms with Crippen molar-refractivity contribution in [3.63, 3.8) is 0 Å². The molecule has 1 aromatic carbocycles. The summed E-state index contributed by atoms with van der Waals surface area (Å²) in [5.41, 5.74) is 0.529. The molecular formula is C22H30ClFN6O. The zero-order valence-electron chi connectivity index (χ0n) is 18.2. The number of likely N-dealkylation sites (tertiary alicyclic amines) is 1. The van der Waals surface area contributed by atoms with Crippen LogP contribution in [0.2, 0.25) is 5.02 Å². The molecule has 1 atom stereocenters. The van der Waals surface area contributed by atoms with Crippen LogP contribution in [0.15, 0.2) is 18.2 Å². The third-order valence-corrected chi connectivity index (χ3v) is 6.78. The average Bonchev–Trinajstić information content (AvgIpc) is 3.05. The number of nitrogens with zero attached hydrogens (tertiary/aromatic N) is 5. The monoisotopic (exact) mass is 448 g/mol. The molecule has 2 aliphatic heterocycles. The van der Waals surface area contributed by atoms with Crippen LogP contribution < -0.4 is 5.32 Å². The second kappa shape index (κ2) is 9.63. The van der Waals surface area contributed by atoms with E-state index in [1.165, 1.54) is 6.07 Å². The summed E-state index contributed by atoms with van der Waals surface area (Å²) >= 11 is 6.21. The number of hydrogen-bond donors (Lipinski definition) is 1. The number of fused-ring (bicyclic) bond motifs is 1. The van der Waals surface area contributed by atoms with E-state index < -0.39 is 0 Å². The molecule has 31 heavy (non-hydrogen) atoms. The van der Waals surface area contributed by atoms with Crippen molar-refractivity contribution in [1.82, 2.24) is 29.9 Å². The van der Waals surface area contributed by atoms with Crippen molar-refractivity contribution in [1.29, 1.82) is 0 Å². The summed E-state index contributed by atoms with van der Waals surface area (Å²) in [5.74, 6) is 1.57. The van der Waals surface area contributed by atoms with Crippen LogP contribution in [-0.2, 0) is 24.3 Å². The first-order valence-corrected chi connectivity index (χ1v) is 11.4. The number of aromatic nitrogens is 3. The Morgan fingerprint density at radius 2 is 2.00 bits per heavy atom. The van der Waals surface area contributed by atoms with Gasteiger partial charge in [0.05, 0.1) is 6.04 Å². The van der Waals surface area contributed by atoms with Gasteiger partial charge in [-0.1, -0.05) is 17.7 Å². The maximum absolute atomic E-state index is 14.2. The maximum atomic E-state index is 14.2. The van der Waals surface area contributed by atoms with Gasteiger partial charge in [-0.3, -0.25) is 9.69 Å². The van der Waals surface area contributed by atoms with Crippen molar-refractivity contribution in [3.05, 3.63) is 46.3 Å². The van der Waals surface area contributed by atoms with Gasteiger partial charge >= 0.3 is 0 Å². The highest BCUT2D eigenvalue weighted by Gasteiger charge is 2.27. The Balaban J connectivity index is 1.39. The van der Waals surface area contributed by atoms with E-state index >= 15 is 0 Å². The molecule has 4 rings (SSSR count). The lowest BCUT2D eigenvalue weighted by molar-refractivity contribution is -0.127. The molecule has 1 N–H and O–H groups in total. The van der Waals surface area contributed by atoms with Crippen molar-refractivity contribution in [2.75, 3.05) is 33.2 Å². The molecule has 0 radical (unpaired) electrons. The van der Waals surface area contributed by atoms with Gasteiger partial charge in [-0.15, -0.1) is 10.2 Å². The van der Waals surface area contributed by atoms with E-state index in [2.05, 4.69) is 36.9 Å².